The number of aromatic nitrogens is 1. The highest BCUT2D eigenvalue weighted by atomic mass is 35.5. The van der Waals surface area contributed by atoms with E-state index < -0.39 is 5.97 Å². The van der Waals surface area contributed by atoms with Gasteiger partial charge in [-0.3, -0.25) is 4.79 Å². The Morgan fingerprint density at radius 2 is 1.95 bits per heavy atom. The summed E-state index contributed by atoms with van der Waals surface area (Å²) in [6, 6.07) is 7.13. The summed E-state index contributed by atoms with van der Waals surface area (Å²) in [6.45, 7) is 0. The first kappa shape index (κ1) is 13.9. The van der Waals surface area contributed by atoms with Crippen LogP contribution >= 0.6 is 23.2 Å². The van der Waals surface area contributed by atoms with Crippen LogP contribution in [0, 0.1) is 0 Å². The zero-order chi connectivity index (χ0) is 13.8. The van der Waals surface area contributed by atoms with Crippen molar-refractivity contribution in [2.75, 3.05) is 0 Å². The first-order valence-electron chi connectivity index (χ1n) is 5.69. The number of aliphatic carboxylic acids is 1. The lowest BCUT2D eigenvalue weighted by atomic mass is 10.1. The molecule has 0 bridgehead atoms. The van der Waals surface area contributed by atoms with Gasteiger partial charge in [-0.1, -0.05) is 23.7 Å². The van der Waals surface area contributed by atoms with E-state index in [0.717, 1.165) is 5.56 Å². The first-order valence-corrected chi connectivity index (χ1v) is 6.45. The number of hydrogen-bond donors (Lipinski definition) is 1. The molecule has 6 heteroatoms. The Bertz CT molecular complexity index is 578. The molecule has 1 aromatic carbocycles. The van der Waals surface area contributed by atoms with E-state index in [4.69, 9.17) is 32.7 Å². The van der Waals surface area contributed by atoms with Gasteiger partial charge in [-0.15, -0.1) is 0 Å². The minimum atomic E-state index is -0.835. The van der Waals surface area contributed by atoms with Crippen LogP contribution in [-0.2, 0) is 11.2 Å². The lowest BCUT2D eigenvalue weighted by molar-refractivity contribution is -0.137. The Labute approximate surface area is 120 Å². The highest BCUT2D eigenvalue weighted by Crippen LogP contribution is 2.28. The van der Waals surface area contributed by atoms with E-state index in [-0.39, 0.29) is 11.8 Å². The first-order chi connectivity index (χ1) is 9.06. The van der Waals surface area contributed by atoms with Gasteiger partial charge in [0.25, 0.3) is 5.35 Å². The summed E-state index contributed by atoms with van der Waals surface area (Å²) < 4.78 is 5.31. The molecule has 4 nitrogen and oxygen atoms in total. The van der Waals surface area contributed by atoms with Crippen LogP contribution in [0.3, 0.4) is 0 Å². The van der Waals surface area contributed by atoms with Crippen molar-refractivity contribution in [2.24, 2.45) is 0 Å². The number of carbonyl (C=O) groups is 1. The van der Waals surface area contributed by atoms with E-state index in [1.807, 2.05) is 12.1 Å². The summed E-state index contributed by atoms with van der Waals surface area (Å²) in [5, 5.41) is 9.31. The molecule has 0 radical (unpaired) electrons. The molecule has 0 aliphatic rings. The van der Waals surface area contributed by atoms with Gasteiger partial charge < -0.3 is 9.52 Å². The number of rotatable bonds is 5. The summed E-state index contributed by atoms with van der Waals surface area (Å²) in [4.78, 5) is 14.6. The van der Waals surface area contributed by atoms with Gasteiger partial charge in [-0.25, -0.2) is 0 Å². The predicted octanol–water partition coefficient (Wildman–Crippen LogP) is 4.06. The molecule has 0 saturated carbocycles. The zero-order valence-corrected chi connectivity index (χ0v) is 11.4. The lowest BCUT2D eigenvalue weighted by Crippen LogP contribution is -1.96. The topological polar surface area (TPSA) is 63.3 Å². The third kappa shape index (κ3) is 3.72. The van der Waals surface area contributed by atoms with Gasteiger partial charge in [0.05, 0.1) is 0 Å². The predicted molar refractivity (Wildman–Crippen MR) is 72.5 cm³/mol. The Morgan fingerprint density at radius 1 is 1.26 bits per heavy atom. The molecule has 0 amide bonds. The van der Waals surface area contributed by atoms with Crippen LogP contribution in [0.2, 0.25) is 10.4 Å². The van der Waals surface area contributed by atoms with Crippen molar-refractivity contribution in [2.45, 2.75) is 19.3 Å². The average Bonchev–Trinajstić information content (AvgIpc) is 2.71. The van der Waals surface area contributed by atoms with Gasteiger partial charge in [-0.2, -0.15) is 4.98 Å². The monoisotopic (exact) mass is 299 g/mol. The number of nitrogens with zero attached hydrogens (tertiary/aromatic N) is 1. The normalized spacial score (nSPS) is 10.6. The molecule has 2 rings (SSSR count). The van der Waals surface area contributed by atoms with Crippen LogP contribution in [0.15, 0.2) is 28.7 Å². The molecular weight excluding hydrogens is 289 g/mol. The van der Waals surface area contributed by atoms with Crippen LogP contribution in [0.25, 0.3) is 11.3 Å². The summed E-state index contributed by atoms with van der Waals surface area (Å²) in [6.07, 6.45) is 1.03. The molecule has 100 valence electrons. The standard InChI is InChI=1S/C13H11Cl2NO3/c14-9-6-4-8(5-7-9)12-10(19-13(15)16-12)2-1-3-11(17)18/h4-7H,1-3H2,(H,17,18). The van der Waals surface area contributed by atoms with E-state index in [0.29, 0.717) is 29.3 Å². The van der Waals surface area contributed by atoms with E-state index in [9.17, 15) is 4.79 Å². The molecule has 0 aliphatic heterocycles. The Hall–Kier alpha value is -1.52. The third-order valence-electron chi connectivity index (χ3n) is 2.58. The number of hydrogen-bond acceptors (Lipinski definition) is 3. The molecule has 2 aromatic rings. The smallest absolute Gasteiger partial charge is 0.303 e. The van der Waals surface area contributed by atoms with Crippen molar-refractivity contribution in [3.05, 3.63) is 40.4 Å². The molecule has 0 spiro atoms. The van der Waals surface area contributed by atoms with Gasteiger partial charge in [0, 0.05) is 23.4 Å². The van der Waals surface area contributed by atoms with E-state index in [1.165, 1.54) is 0 Å². The number of carboxylic acids is 1. The van der Waals surface area contributed by atoms with E-state index in [2.05, 4.69) is 4.98 Å². The summed E-state index contributed by atoms with van der Waals surface area (Å²) in [5.41, 5.74) is 1.47. The van der Waals surface area contributed by atoms with Crippen molar-refractivity contribution >= 4 is 29.2 Å². The van der Waals surface area contributed by atoms with Crippen LogP contribution in [0.5, 0.6) is 0 Å². The second kappa shape index (κ2) is 6.08. The highest BCUT2D eigenvalue weighted by molar-refractivity contribution is 6.30. The van der Waals surface area contributed by atoms with E-state index in [1.54, 1.807) is 12.1 Å². The molecule has 1 aromatic heterocycles. The van der Waals surface area contributed by atoms with Gasteiger partial charge >= 0.3 is 5.97 Å². The van der Waals surface area contributed by atoms with E-state index >= 15 is 0 Å². The summed E-state index contributed by atoms with van der Waals surface area (Å²) >= 11 is 11.6. The van der Waals surface area contributed by atoms with Gasteiger partial charge in [0.15, 0.2) is 0 Å². The lowest BCUT2D eigenvalue weighted by Gasteiger charge is -2.00. The SMILES string of the molecule is O=C(O)CCCc1oc(Cl)nc1-c1ccc(Cl)cc1. The molecule has 0 atom stereocenters. The molecule has 19 heavy (non-hydrogen) atoms. The number of carboxylic acid groups (broad SMARTS) is 1. The second-order valence-corrected chi connectivity index (χ2v) is 4.75. The summed E-state index contributed by atoms with van der Waals surface area (Å²) in [7, 11) is 0. The highest BCUT2D eigenvalue weighted by Gasteiger charge is 2.14. The molecule has 0 unspecified atom stereocenters. The number of halogens is 2. The molecule has 0 aliphatic carbocycles. The Balaban J connectivity index is 2.20. The second-order valence-electron chi connectivity index (χ2n) is 3.99. The molecule has 0 saturated heterocycles. The van der Waals surface area contributed by atoms with Gasteiger partial charge in [-0.05, 0) is 30.2 Å². The average molecular weight is 300 g/mol. The van der Waals surface area contributed by atoms with Crippen LogP contribution in [0.1, 0.15) is 18.6 Å². The Kier molecular flexibility index (Phi) is 4.45. The zero-order valence-electron chi connectivity index (χ0n) is 9.90. The van der Waals surface area contributed by atoms with Gasteiger partial charge in [0.2, 0.25) is 0 Å². The molecule has 0 fully saturated rings. The number of benzene rings is 1. The number of aryl methyl sites for hydroxylation is 1. The van der Waals surface area contributed by atoms with Crippen LogP contribution < -0.4 is 0 Å². The van der Waals surface area contributed by atoms with Crippen molar-refractivity contribution in [1.29, 1.82) is 0 Å². The molecule has 1 heterocycles. The van der Waals surface area contributed by atoms with Crippen molar-refractivity contribution in [3.8, 4) is 11.3 Å². The van der Waals surface area contributed by atoms with Crippen LogP contribution in [0.4, 0.5) is 0 Å². The number of oxazole rings is 1. The third-order valence-corrected chi connectivity index (χ3v) is 3.00. The quantitative estimate of drug-likeness (QED) is 0.904. The fraction of sp³-hybridized carbons (Fsp3) is 0.231. The Morgan fingerprint density at radius 3 is 2.58 bits per heavy atom. The van der Waals surface area contributed by atoms with Crippen LogP contribution in [-0.4, -0.2) is 16.1 Å². The fourth-order valence-corrected chi connectivity index (χ4v) is 2.03. The van der Waals surface area contributed by atoms with Crippen molar-refractivity contribution in [1.82, 2.24) is 4.98 Å². The fourth-order valence-electron chi connectivity index (χ4n) is 1.73. The molecule has 1 N–H and O–H groups in total. The van der Waals surface area contributed by atoms with Crippen molar-refractivity contribution in [3.63, 3.8) is 0 Å². The maximum atomic E-state index is 10.5. The largest absolute Gasteiger partial charge is 0.481 e. The minimum absolute atomic E-state index is 0.0512. The van der Waals surface area contributed by atoms with Gasteiger partial charge in [0.1, 0.15) is 11.5 Å². The summed E-state index contributed by atoms with van der Waals surface area (Å²) in [5.74, 6) is -0.243. The minimum Gasteiger partial charge on any atom is -0.481 e. The maximum absolute atomic E-state index is 10.5. The maximum Gasteiger partial charge on any atom is 0.303 e. The molecular formula is C13H11Cl2NO3. The van der Waals surface area contributed by atoms with Crippen molar-refractivity contribution < 1.29 is 14.3 Å².